The topological polar surface area (TPSA) is 32.8 Å². The fourth-order valence-electron chi connectivity index (χ4n) is 4.20. The number of methoxy groups -OCH3 is 1. The van der Waals surface area contributed by atoms with Crippen molar-refractivity contribution in [3.05, 3.63) is 35.1 Å². The third-order valence-electron chi connectivity index (χ3n) is 5.63. The lowest BCUT2D eigenvalue weighted by Crippen LogP contribution is -2.60. The van der Waals surface area contributed by atoms with E-state index in [9.17, 15) is 9.18 Å². The average Bonchev–Trinajstić information content (AvgIpc) is 2.97. The number of nitrogens with zero attached hydrogens (tertiary/aromatic N) is 2. The van der Waals surface area contributed by atoms with Crippen molar-refractivity contribution in [3.63, 3.8) is 0 Å². The summed E-state index contributed by atoms with van der Waals surface area (Å²) in [6.45, 7) is 5.42. The van der Waals surface area contributed by atoms with E-state index in [1.54, 1.807) is 13.2 Å². The predicted octanol–water partition coefficient (Wildman–Crippen LogP) is 2.74. The van der Waals surface area contributed by atoms with Gasteiger partial charge in [0, 0.05) is 26.7 Å². The number of hydrogen-bond acceptors (Lipinski definition) is 3. The van der Waals surface area contributed by atoms with Crippen LogP contribution in [0.5, 0.6) is 0 Å². The third-order valence-corrected chi connectivity index (χ3v) is 5.63. The van der Waals surface area contributed by atoms with Crippen LogP contribution in [-0.2, 0) is 16.1 Å². The number of piperidine rings is 1. The molecule has 1 aromatic carbocycles. The van der Waals surface area contributed by atoms with Gasteiger partial charge >= 0.3 is 0 Å². The standard InChI is InChI=1S/C19H27FN2O2/c1-15-16(6-3-7-17(15)20)14-22-11-5-9-19(22)8-4-10-21(18(19)23)12-13-24-2/h3,6-7H,4-5,8-14H2,1-2H3. The van der Waals surface area contributed by atoms with Crippen molar-refractivity contribution in [1.82, 2.24) is 9.80 Å². The van der Waals surface area contributed by atoms with Crippen LogP contribution in [0.25, 0.3) is 0 Å². The van der Waals surface area contributed by atoms with Crippen LogP contribution < -0.4 is 0 Å². The first-order valence-electron chi connectivity index (χ1n) is 8.86. The van der Waals surface area contributed by atoms with E-state index in [2.05, 4.69) is 4.90 Å². The van der Waals surface area contributed by atoms with Gasteiger partial charge in [-0.2, -0.15) is 0 Å². The van der Waals surface area contributed by atoms with E-state index in [0.717, 1.165) is 44.3 Å². The van der Waals surface area contributed by atoms with Gasteiger partial charge in [-0.25, -0.2) is 4.39 Å². The highest BCUT2D eigenvalue weighted by atomic mass is 19.1. The smallest absolute Gasteiger partial charge is 0.243 e. The molecule has 2 heterocycles. The largest absolute Gasteiger partial charge is 0.383 e. The number of rotatable bonds is 5. The summed E-state index contributed by atoms with van der Waals surface area (Å²) in [6.07, 6.45) is 3.86. The molecule has 0 aromatic heterocycles. The number of amides is 1. The Bertz CT molecular complexity index is 607. The molecule has 2 aliphatic rings. The zero-order chi connectivity index (χ0) is 17.2. The number of halogens is 1. The second-order valence-corrected chi connectivity index (χ2v) is 6.97. The van der Waals surface area contributed by atoms with Crippen LogP contribution in [0.2, 0.25) is 0 Å². The van der Waals surface area contributed by atoms with Gasteiger partial charge in [0.1, 0.15) is 11.4 Å². The second-order valence-electron chi connectivity index (χ2n) is 6.97. The zero-order valence-corrected chi connectivity index (χ0v) is 14.7. The molecule has 24 heavy (non-hydrogen) atoms. The van der Waals surface area contributed by atoms with E-state index < -0.39 is 5.54 Å². The molecule has 132 valence electrons. The monoisotopic (exact) mass is 334 g/mol. The van der Waals surface area contributed by atoms with Gasteiger partial charge in [0.05, 0.1) is 6.61 Å². The maximum atomic E-state index is 13.9. The van der Waals surface area contributed by atoms with Gasteiger partial charge in [-0.05, 0) is 56.3 Å². The number of hydrogen-bond donors (Lipinski definition) is 0. The number of ether oxygens (including phenoxy) is 1. The van der Waals surface area contributed by atoms with Crippen LogP contribution >= 0.6 is 0 Å². The maximum absolute atomic E-state index is 13.9. The van der Waals surface area contributed by atoms with Gasteiger partial charge in [0.2, 0.25) is 5.91 Å². The highest BCUT2D eigenvalue weighted by Gasteiger charge is 2.50. The van der Waals surface area contributed by atoms with Gasteiger partial charge in [0.25, 0.3) is 0 Å². The molecule has 1 aromatic rings. The lowest BCUT2D eigenvalue weighted by atomic mass is 9.85. The molecule has 5 heteroatoms. The molecule has 0 bridgehead atoms. The number of carbonyl (C=O) groups is 1. The molecule has 1 amide bonds. The minimum atomic E-state index is -0.398. The van der Waals surface area contributed by atoms with Crippen LogP contribution in [-0.4, -0.2) is 54.6 Å². The van der Waals surface area contributed by atoms with Crippen molar-refractivity contribution in [1.29, 1.82) is 0 Å². The van der Waals surface area contributed by atoms with Crippen molar-refractivity contribution < 1.29 is 13.9 Å². The molecule has 2 fully saturated rings. The average molecular weight is 334 g/mol. The summed E-state index contributed by atoms with van der Waals surface area (Å²) in [6, 6.07) is 5.23. The molecule has 2 saturated heterocycles. The number of likely N-dealkylation sites (tertiary alicyclic amines) is 2. The molecule has 1 spiro atoms. The first-order chi connectivity index (χ1) is 11.6. The highest BCUT2D eigenvalue weighted by molar-refractivity contribution is 5.87. The first-order valence-corrected chi connectivity index (χ1v) is 8.86. The van der Waals surface area contributed by atoms with Crippen molar-refractivity contribution >= 4 is 5.91 Å². The summed E-state index contributed by atoms with van der Waals surface area (Å²) in [5.41, 5.74) is 1.28. The Labute approximate surface area is 143 Å². The summed E-state index contributed by atoms with van der Waals surface area (Å²) in [4.78, 5) is 17.4. The van der Waals surface area contributed by atoms with Crippen molar-refractivity contribution in [2.75, 3.05) is 33.4 Å². The summed E-state index contributed by atoms with van der Waals surface area (Å²) in [5.74, 6) is 0.0646. The molecular weight excluding hydrogens is 307 g/mol. The molecule has 0 saturated carbocycles. The maximum Gasteiger partial charge on any atom is 0.243 e. The molecule has 0 N–H and O–H groups in total. The number of benzene rings is 1. The van der Waals surface area contributed by atoms with E-state index >= 15 is 0 Å². The summed E-state index contributed by atoms with van der Waals surface area (Å²) >= 11 is 0. The Morgan fingerprint density at radius 2 is 2.00 bits per heavy atom. The van der Waals surface area contributed by atoms with Gasteiger partial charge in [-0.1, -0.05) is 12.1 Å². The Morgan fingerprint density at radius 1 is 1.25 bits per heavy atom. The van der Waals surface area contributed by atoms with E-state index in [1.807, 2.05) is 17.9 Å². The highest BCUT2D eigenvalue weighted by Crippen LogP contribution is 2.39. The van der Waals surface area contributed by atoms with Crippen molar-refractivity contribution in [3.8, 4) is 0 Å². The van der Waals surface area contributed by atoms with E-state index in [0.29, 0.717) is 25.3 Å². The molecule has 0 aliphatic carbocycles. The van der Waals surface area contributed by atoms with Crippen LogP contribution in [0.4, 0.5) is 4.39 Å². The van der Waals surface area contributed by atoms with Crippen molar-refractivity contribution in [2.45, 2.75) is 44.7 Å². The van der Waals surface area contributed by atoms with Crippen LogP contribution in [0.15, 0.2) is 18.2 Å². The number of carbonyl (C=O) groups excluding carboxylic acids is 1. The Morgan fingerprint density at radius 3 is 2.75 bits per heavy atom. The second kappa shape index (κ2) is 7.19. The Kier molecular flexibility index (Phi) is 5.21. The van der Waals surface area contributed by atoms with Gasteiger partial charge < -0.3 is 9.64 Å². The fourth-order valence-corrected chi connectivity index (χ4v) is 4.20. The molecule has 1 unspecified atom stereocenters. The van der Waals surface area contributed by atoms with E-state index in [4.69, 9.17) is 4.74 Å². The predicted molar refractivity (Wildman–Crippen MR) is 91.2 cm³/mol. The minimum absolute atomic E-state index is 0.169. The summed E-state index contributed by atoms with van der Waals surface area (Å²) < 4.78 is 19.0. The van der Waals surface area contributed by atoms with Crippen molar-refractivity contribution in [2.24, 2.45) is 0 Å². The van der Waals surface area contributed by atoms with E-state index in [-0.39, 0.29) is 11.7 Å². The lowest BCUT2D eigenvalue weighted by Gasteiger charge is -2.44. The molecule has 3 rings (SSSR count). The first kappa shape index (κ1) is 17.4. The minimum Gasteiger partial charge on any atom is -0.383 e. The van der Waals surface area contributed by atoms with Gasteiger partial charge in [-0.3, -0.25) is 9.69 Å². The van der Waals surface area contributed by atoms with Gasteiger partial charge in [0.15, 0.2) is 0 Å². The van der Waals surface area contributed by atoms with E-state index in [1.165, 1.54) is 6.07 Å². The molecule has 1 atom stereocenters. The normalized spacial score (nSPS) is 25.0. The Balaban J connectivity index is 1.81. The lowest BCUT2D eigenvalue weighted by molar-refractivity contribution is -0.148. The molecule has 4 nitrogen and oxygen atoms in total. The van der Waals surface area contributed by atoms with Crippen LogP contribution in [0, 0.1) is 12.7 Å². The molecule has 2 aliphatic heterocycles. The third kappa shape index (κ3) is 3.07. The van der Waals surface area contributed by atoms with Crippen LogP contribution in [0.3, 0.4) is 0 Å². The molecule has 0 radical (unpaired) electrons. The quantitative estimate of drug-likeness (QED) is 0.830. The van der Waals surface area contributed by atoms with Crippen LogP contribution in [0.1, 0.15) is 36.8 Å². The molecular formula is C19H27FN2O2. The zero-order valence-electron chi connectivity index (χ0n) is 14.7. The summed E-state index contributed by atoms with van der Waals surface area (Å²) in [5, 5.41) is 0. The fraction of sp³-hybridized carbons (Fsp3) is 0.632. The summed E-state index contributed by atoms with van der Waals surface area (Å²) in [7, 11) is 1.67. The van der Waals surface area contributed by atoms with Gasteiger partial charge in [-0.15, -0.1) is 0 Å². The Hall–Kier alpha value is -1.46. The SMILES string of the molecule is COCCN1CCCC2(CCCN2Cc2cccc(F)c2C)C1=O.